The third kappa shape index (κ3) is 3.54. The molecule has 0 atom stereocenters. The molecule has 0 aromatic heterocycles. The van der Waals surface area contributed by atoms with Gasteiger partial charge < -0.3 is 9.84 Å². The van der Waals surface area contributed by atoms with Gasteiger partial charge in [0.25, 0.3) is 0 Å². The van der Waals surface area contributed by atoms with E-state index in [0.29, 0.717) is 34.6 Å². The first kappa shape index (κ1) is 19.4. The van der Waals surface area contributed by atoms with Gasteiger partial charge in [0.05, 0.1) is 18.2 Å². The molecule has 3 rings (SSSR count). The van der Waals surface area contributed by atoms with Gasteiger partial charge in [-0.15, -0.1) is 0 Å². The molecule has 0 saturated heterocycles. The third-order valence-corrected chi connectivity index (χ3v) is 4.77. The normalized spacial score (nSPS) is 10.5. The molecule has 4 nitrogen and oxygen atoms in total. The van der Waals surface area contributed by atoms with Crippen molar-refractivity contribution in [1.82, 2.24) is 0 Å². The number of phenols is 1. The number of hydrogen-bond acceptors (Lipinski definition) is 4. The van der Waals surface area contributed by atoms with Crippen molar-refractivity contribution in [2.75, 3.05) is 7.11 Å². The second-order valence-corrected chi connectivity index (χ2v) is 6.85. The van der Waals surface area contributed by atoms with E-state index in [1.165, 1.54) is 7.11 Å². The van der Waals surface area contributed by atoms with Crippen molar-refractivity contribution >= 4 is 28.6 Å². The van der Waals surface area contributed by atoms with E-state index in [0.717, 1.165) is 16.7 Å². The molecule has 0 saturated carbocycles. The van der Waals surface area contributed by atoms with Crippen LogP contribution in [0, 0.1) is 0 Å². The number of aldehydes is 1. The number of carbonyl (C=O) groups excluding carboxylic acids is 2. The molecule has 0 spiro atoms. The van der Waals surface area contributed by atoms with Gasteiger partial charge in [-0.3, -0.25) is 4.79 Å². The van der Waals surface area contributed by atoms with Gasteiger partial charge in [-0.05, 0) is 48.4 Å². The number of hydrogen-bond donors (Lipinski definition) is 1. The number of benzene rings is 3. The largest absolute Gasteiger partial charge is 0.507 e. The van der Waals surface area contributed by atoms with Gasteiger partial charge in [0.15, 0.2) is 6.29 Å². The number of phenolic OH excluding ortho intramolecular Hbond substituents is 1. The lowest BCUT2D eigenvalue weighted by Crippen LogP contribution is -2.07. The van der Waals surface area contributed by atoms with E-state index >= 15 is 0 Å². The Morgan fingerprint density at radius 3 is 2.39 bits per heavy atom. The zero-order valence-corrected chi connectivity index (χ0v) is 16.2. The quantitative estimate of drug-likeness (QED) is 0.391. The number of aromatic hydroxyl groups is 1. The van der Waals surface area contributed by atoms with Crippen LogP contribution < -0.4 is 0 Å². The Morgan fingerprint density at radius 1 is 1.07 bits per heavy atom. The van der Waals surface area contributed by atoms with Crippen LogP contribution in [-0.4, -0.2) is 24.5 Å². The molecule has 0 amide bonds. The van der Waals surface area contributed by atoms with Crippen molar-refractivity contribution in [3.8, 4) is 5.75 Å². The number of rotatable bonds is 5. The maximum absolute atomic E-state index is 12.4. The number of carbonyl (C=O) groups is 2. The maximum Gasteiger partial charge on any atom is 0.338 e. The molecule has 4 heteroatoms. The molecule has 0 aliphatic rings. The molecule has 3 aromatic rings. The molecular weight excluding hydrogens is 352 g/mol. The molecule has 28 heavy (non-hydrogen) atoms. The van der Waals surface area contributed by atoms with Crippen molar-refractivity contribution in [2.24, 2.45) is 0 Å². The topological polar surface area (TPSA) is 63.6 Å². The Kier molecular flexibility index (Phi) is 5.59. The van der Waals surface area contributed by atoms with Crippen LogP contribution in [0.3, 0.4) is 0 Å². The van der Waals surface area contributed by atoms with E-state index in [2.05, 4.69) is 0 Å². The van der Waals surface area contributed by atoms with Gasteiger partial charge in [0.2, 0.25) is 0 Å². The Hall–Kier alpha value is -3.40. The van der Waals surface area contributed by atoms with Crippen LogP contribution in [0.5, 0.6) is 5.75 Å². The number of methoxy groups -OCH3 is 1. The van der Waals surface area contributed by atoms with E-state index in [4.69, 9.17) is 4.74 Å². The van der Waals surface area contributed by atoms with E-state index in [9.17, 15) is 14.7 Å². The van der Waals surface area contributed by atoms with Gasteiger partial charge in [-0.1, -0.05) is 54.1 Å². The van der Waals surface area contributed by atoms with Crippen molar-refractivity contribution in [2.45, 2.75) is 20.3 Å². The minimum Gasteiger partial charge on any atom is -0.507 e. The Balaban J connectivity index is 2.35. The highest BCUT2D eigenvalue weighted by Crippen LogP contribution is 2.38. The third-order valence-electron chi connectivity index (χ3n) is 4.77. The Labute approximate surface area is 164 Å². The Bertz CT molecular complexity index is 1070. The molecule has 0 heterocycles. The average molecular weight is 374 g/mol. The molecule has 0 fully saturated rings. The fraction of sp³-hybridized carbons (Fsp3) is 0.167. The highest BCUT2D eigenvalue weighted by Gasteiger charge is 2.21. The summed E-state index contributed by atoms with van der Waals surface area (Å²) in [6, 6.07) is 17.1. The zero-order chi connectivity index (χ0) is 20.3. The highest BCUT2D eigenvalue weighted by atomic mass is 16.5. The summed E-state index contributed by atoms with van der Waals surface area (Å²) in [4.78, 5) is 24.1. The lowest BCUT2D eigenvalue weighted by atomic mass is 9.89. The van der Waals surface area contributed by atoms with Crippen LogP contribution in [0.25, 0.3) is 16.3 Å². The fourth-order valence-electron chi connectivity index (χ4n) is 3.50. The predicted octanol–water partition coefficient (Wildman–Crippen LogP) is 4.92. The van der Waals surface area contributed by atoms with Gasteiger partial charge in [0, 0.05) is 5.39 Å². The molecule has 0 aliphatic carbocycles. The van der Waals surface area contributed by atoms with E-state index < -0.39 is 5.97 Å². The minimum atomic E-state index is -0.475. The summed E-state index contributed by atoms with van der Waals surface area (Å²) in [5, 5.41) is 12.1. The maximum atomic E-state index is 12.4. The SMILES string of the molecule is COC(=O)C(=C(C)C)c1cc(C=O)c(O)c2c(Cc3ccccc3)cccc12. The van der Waals surface area contributed by atoms with Crippen LogP contribution in [-0.2, 0) is 16.0 Å². The monoisotopic (exact) mass is 374 g/mol. The molecule has 3 aromatic carbocycles. The summed E-state index contributed by atoms with van der Waals surface area (Å²) in [7, 11) is 1.33. The first-order valence-corrected chi connectivity index (χ1v) is 9.00. The second-order valence-electron chi connectivity index (χ2n) is 6.85. The number of esters is 1. The summed E-state index contributed by atoms with van der Waals surface area (Å²) >= 11 is 0. The lowest BCUT2D eigenvalue weighted by Gasteiger charge is -2.16. The summed E-state index contributed by atoms with van der Waals surface area (Å²) in [6.07, 6.45) is 1.20. The van der Waals surface area contributed by atoms with Gasteiger partial charge in [-0.25, -0.2) is 4.79 Å². The van der Waals surface area contributed by atoms with E-state index in [1.807, 2.05) is 62.4 Å². The number of allylic oxidation sites excluding steroid dienone is 1. The standard InChI is InChI=1S/C24H22O4/c1-15(2)21(24(27)28-3)20-13-18(14-25)23(26)22-17(10-7-11-19(20)22)12-16-8-5-4-6-9-16/h4-11,13-14,26H,12H2,1-3H3. The molecule has 0 unspecified atom stereocenters. The molecular formula is C24H22O4. The number of ether oxygens (including phenoxy) is 1. The highest BCUT2D eigenvalue weighted by molar-refractivity contribution is 6.22. The van der Waals surface area contributed by atoms with Crippen LogP contribution in [0.4, 0.5) is 0 Å². The number of fused-ring (bicyclic) bond motifs is 1. The minimum absolute atomic E-state index is 0.0711. The van der Waals surface area contributed by atoms with Crippen molar-refractivity contribution in [3.05, 3.63) is 82.4 Å². The van der Waals surface area contributed by atoms with Crippen LogP contribution in [0.2, 0.25) is 0 Å². The van der Waals surface area contributed by atoms with Gasteiger partial charge in [-0.2, -0.15) is 0 Å². The van der Waals surface area contributed by atoms with E-state index in [1.54, 1.807) is 6.07 Å². The zero-order valence-electron chi connectivity index (χ0n) is 16.2. The van der Waals surface area contributed by atoms with Gasteiger partial charge >= 0.3 is 5.97 Å². The van der Waals surface area contributed by atoms with Gasteiger partial charge in [0.1, 0.15) is 5.75 Å². The lowest BCUT2D eigenvalue weighted by molar-refractivity contribution is -0.133. The Morgan fingerprint density at radius 2 is 1.79 bits per heavy atom. The average Bonchev–Trinajstić information content (AvgIpc) is 2.70. The van der Waals surface area contributed by atoms with Crippen LogP contribution in [0.1, 0.15) is 40.9 Å². The van der Waals surface area contributed by atoms with Crippen LogP contribution in [0.15, 0.2) is 60.2 Å². The summed E-state index contributed by atoms with van der Waals surface area (Å²) in [6.45, 7) is 3.64. The van der Waals surface area contributed by atoms with Crippen molar-refractivity contribution in [1.29, 1.82) is 0 Å². The van der Waals surface area contributed by atoms with Crippen LogP contribution >= 0.6 is 0 Å². The smallest absolute Gasteiger partial charge is 0.338 e. The fourth-order valence-corrected chi connectivity index (χ4v) is 3.50. The second kappa shape index (κ2) is 8.09. The van der Waals surface area contributed by atoms with E-state index in [-0.39, 0.29) is 11.3 Å². The first-order valence-electron chi connectivity index (χ1n) is 9.00. The molecule has 0 radical (unpaired) electrons. The van der Waals surface area contributed by atoms with Crippen molar-refractivity contribution < 1.29 is 19.4 Å². The predicted molar refractivity (Wildman–Crippen MR) is 111 cm³/mol. The van der Waals surface area contributed by atoms with Crippen molar-refractivity contribution in [3.63, 3.8) is 0 Å². The summed E-state index contributed by atoms with van der Waals surface area (Å²) in [5.41, 5.74) is 3.85. The summed E-state index contributed by atoms with van der Waals surface area (Å²) < 4.78 is 4.96. The molecule has 0 bridgehead atoms. The molecule has 0 aliphatic heterocycles. The summed E-state index contributed by atoms with van der Waals surface area (Å²) in [5.74, 6) is -0.546. The molecule has 142 valence electrons. The molecule has 1 N–H and O–H groups in total. The first-order chi connectivity index (χ1) is 13.5.